The van der Waals surface area contributed by atoms with Crippen LogP contribution in [0, 0.1) is 6.92 Å². The summed E-state index contributed by atoms with van der Waals surface area (Å²) < 4.78 is 1.01. The summed E-state index contributed by atoms with van der Waals surface area (Å²) in [5.41, 5.74) is 7.85. The second kappa shape index (κ2) is 5.21. The van der Waals surface area contributed by atoms with Crippen molar-refractivity contribution < 1.29 is 0 Å². The Labute approximate surface area is 111 Å². The number of nitrogens with zero attached hydrogens (tertiary/aromatic N) is 1. The van der Waals surface area contributed by atoms with Crippen molar-refractivity contribution in [2.24, 2.45) is 0 Å². The number of nitrogens with two attached hydrogens (primary N) is 1. The van der Waals surface area contributed by atoms with Crippen LogP contribution in [0.1, 0.15) is 10.7 Å². The lowest BCUT2D eigenvalue weighted by atomic mass is 10.3. The molecule has 0 radical (unpaired) electrons. The molecule has 0 saturated carbocycles. The van der Waals surface area contributed by atoms with Crippen LogP contribution in [-0.2, 0) is 5.75 Å². The van der Waals surface area contributed by atoms with E-state index in [1.54, 1.807) is 23.1 Å². The van der Waals surface area contributed by atoms with Gasteiger partial charge in [-0.3, -0.25) is 0 Å². The minimum atomic E-state index is 0.811. The third-order valence-electron chi connectivity index (χ3n) is 2.01. The largest absolute Gasteiger partial charge is 0.398 e. The number of hydrogen-bond donors (Lipinski definition) is 1. The van der Waals surface area contributed by atoms with E-state index in [1.165, 1.54) is 0 Å². The number of rotatable bonds is 3. The highest BCUT2D eigenvalue weighted by Gasteiger charge is 2.03. The van der Waals surface area contributed by atoms with Crippen molar-refractivity contribution >= 4 is 44.7 Å². The monoisotopic (exact) mass is 314 g/mol. The van der Waals surface area contributed by atoms with Crippen LogP contribution in [0.5, 0.6) is 0 Å². The fourth-order valence-corrected chi connectivity index (χ4v) is 3.21. The van der Waals surface area contributed by atoms with Gasteiger partial charge < -0.3 is 5.73 Å². The molecule has 16 heavy (non-hydrogen) atoms. The van der Waals surface area contributed by atoms with Crippen molar-refractivity contribution in [1.82, 2.24) is 4.98 Å². The molecule has 0 unspecified atom stereocenters. The number of aryl methyl sites for hydroxylation is 1. The van der Waals surface area contributed by atoms with Gasteiger partial charge in [-0.25, -0.2) is 4.98 Å². The fraction of sp³-hybridized carbons (Fsp3) is 0.182. The van der Waals surface area contributed by atoms with Crippen molar-refractivity contribution in [2.75, 3.05) is 5.73 Å². The Morgan fingerprint density at radius 3 is 2.94 bits per heavy atom. The van der Waals surface area contributed by atoms with Gasteiger partial charge in [0, 0.05) is 26.2 Å². The lowest BCUT2D eigenvalue weighted by Gasteiger charge is -2.04. The molecule has 0 aliphatic heterocycles. The number of nitrogen functional groups attached to an aromatic ring is 1. The summed E-state index contributed by atoms with van der Waals surface area (Å²) in [7, 11) is 0. The van der Waals surface area contributed by atoms with E-state index >= 15 is 0 Å². The maximum atomic E-state index is 5.92. The summed E-state index contributed by atoms with van der Waals surface area (Å²) in [6.45, 7) is 2.02. The van der Waals surface area contributed by atoms with Gasteiger partial charge in [0.2, 0.25) is 0 Å². The highest BCUT2D eigenvalue weighted by molar-refractivity contribution is 9.10. The Morgan fingerprint density at radius 1 is 1.50 bits per heavy atom. The molecule has 0 amide bonds. The molecule has 2 rings (SSSR count). The highest BCUT2D eigenvalue weighted by atomic mass is 79.9. The maximum Gasteiger partial charge on any atom is 0.0897 e. The van der Waals surface area contributed by atoms with Gasteiger partial charge in [-0.1, -0.05) is 15.9 Å². The van der Waals surface area contributed by atoms with Crippen LogP contribution in [0.3, 0.4) is 0 Å². The van der Waals surface area contributed by atoms with E-state index in [4.69, 9.17) is 5.73 Å². The smallest absolute Gasteiger partial charge is 0.0897 e. The summed E-state index contributed by atoms with van der Waals surface area (Å²) in [6, 6.07) is 5.96. The van der Waals surface area contributed by atoms with Crippen molar-refractivity contribution in [3.8, 4) is 0 Å². The lowest BCUT2D eigenvalue weighted by molar-refractivity contribution is 1.18. The summed E-state index contributed by atoms with van der Waals surface area (Å²) in [5, 5.41) is 3.21. The second-order valence-corrected chi connectivity index (χ2v) is 6.32. The van der Waals surface area contributed by atoms with Crippen LogP contribution < -0.4 is 5.73 Å². The van der Waals surface area contributed by atoms with Crippen molar-refractivity contribution in [2.45, 2.75) is 17.6 Å². The van der Waals surface area contributed by atoms with Crippen LogP contribution in [0.4, 0.5) is 5.69 Å². The molecule has 2 aromatic rings. The molecule has 0 fully saturated rings. The van der Waals surface area contributed by atoms with E-state index in [0.717, 1.165) is 31.5 Å². The number of thiazole rings is 1. The van der Waals surface area contributed by atoms with Crippen LogP contribution in [0.25, 0.3) is 0 Å². The Kier molecular flexibility index (Phi) is 3.89. The molecule has 84 valence electrons. The van der Waals surface area contributed by atoms with Crippen LogP contribution >= 0.6 is 39.0 Å². The van der Waals surface area contributed by atoms with Crippen molar-refractivity contribution in [3.63, 3.8) is 0 Å². The van der Waals surface area contributed by atoms with Gasteiger partial charge >= 0.3 is 0 Å². The molecule has 0 aliphatic rings. The van der Waals surface area contributed by atoms with Gasteiger partial charge in [-0.2, -0.15) is 0 Å². The molecule has 1 heterocycles. The van der Waals surface area contributed by atoms with E-state index < -0.39 is 0 Å². The van der Waals surface area contributed by atoms with Crippen LogP contribution in [-0.4, -0.2) is 4.98 Å². The minimum Gasteiger partial charge on any atom is -0.398 e. The molecular weight excluding hydrogens is 304 g/mol. The van der Waals surface area contributed by atoms with E-state index in [2.05, 4.69) is 26.3 Å². The molecule has 0 spiro atoms. The predicted molar refractivity (Wildman–Crippen MR) is 75.0 cm³/mol. The zero-order valence-electron chi connectivity index (χ0n) is 8.74. The minimum absolute atomic E-state index is 0.811. The summed E-state index contributed by atoms with van der Waals surface area (Å²) in [6.07, 6.45) is 0. The number of benzene rings is 1. The molecule has 1 aromatic carbocycles. The number of anilines is 1. The molecule has 2 nitrogen and oxygen atoms in total. The van der Waals surface area contributed by atoms with Gasteiger partial charge in [-0.15, -0.1) is 23.1 Å². The Bertz CT molecular complexity index is 496. The fourth-order valence-electron chi connectivity index (χ4n) is 1.28. The van der Waals surface area contributed by atoms with Gasteiger partial charge in [0.25, 0.3) is 0 Å². The first-order valence-electron chi connectivity index (χ1n) is 4.74. The van der Waals surface area contributed by atoms with Crippen molar-refractivity contribution in [1.29, 1.82) is 0 Å². The summed E-state index contributed by atoms with van der Waals surface area (Å²) in [4.78, 5) is 5.53. The number of aromatic nitrogens is 1. The lowest BCUT2D eigenvalue weighted by Crippen LogP contribution is -1.89. The first-order chi connectivity index (χ1) is 7.65. The van der Waals surface area contributed by atoms with E-state index in [9.17, 15) is 0 Å². The maximum absolute atomic E-state index is 5.92. The molecule has 5 heteroatoms. The van der Waals surface area contributed by atoms with Gasteiger partial charge in [-0.05, 0) is 25.1 Å². The molecule has 2 N–H and O–H groups in total. The Hall–Kier alpha value is -0.520. The standard InChI is InChI=1S/C11H11BrN2S2/c1-7-14-9(5-15-7)6-16-11-3-2-8(12)4-10(11)13/h2-5H,6,13H2,1H3. The average molecular weight is 315 g/mol. The first-order valence-corrected chi connectivity index (χ1v) is 7.40. The zero-order valence-corrected chi connectivity index (χ0v) is 12.0. The SMILES string of the molecule is Cc1nc(CSc2ccc(Br)cc2N)cs1. The summed E-state index contributed by atoms with van der Waals surface area (Å²) >= 11 is 6.80. The van der Waals surface area contributed by atoms with Crippen molar-refractivity contribution in [3.05, 3.63) is 38.8 Å². The number of hydrogen-bond acceptors (Lipinski definition) is 4. The zero-order chi connectivity index (χ0) is 11.5. The second-order valence-electron chi connectivity index (χ2n) is 3.33. The van der Waals surface area contributed by atoms with E-state index in [1.807, 2.05) is 25.1 Å². The molecule has 1 aromatic heterocycles. The Morgan fingerprint density at radius 2 is 2.31 bits per heavy atom. The quantitative estimate of drug-likeness (QED) is 0.685. The van der Waals surface area contributed by atoms with Crippen LogP contribution in [0.2, 0.25) is 0 Å². The van der Waals surface area contributed by atoms with Gasteiger partial charge in [0.15, 0.2) is 0 Å². The van der Waals surface area contributed by atoms with E-state index in [0.29, 0.717) is 0 Å². The highest BCUT2D eigenvalue weighted by Crippen LogP contribution is 2.30. The van der Waals surface area contributed by atoms with Crippen LogP contribution in [0.15, 0.2) is 32.9 Å². The number of thioether (sulfide) groups is 1. The molecule has 0 bridgehead atoms. The van der Waals surface area contributed by atoms with Gasteiger partial charge in [0.05, 0.1) is 10.7 Å². The Balaban J connectivity index is 2.04. The third kappa shape index (κ3) is 2.99. The molecule has 0 atom stereocenters. The predicted octanol–water partition coefficient (Wildman–Crippen LogP) is 4.09. The normalized spacial score (nSPS) is 10.6. The molecule has 0 saturated heterocycles. The topological polar surface area (TPSA) is 38.9 Å². The third-order valence-corrected chi connectivity index (χ3v) is 4.45. The molecule has 0 aliphatic carbocycles. The average Bonchev–Trinajstić information content (AvgIpc) is 2.63. The molecular formula is C11H11BrN2S2. The summed E-state index contributed by atoms with van der Waals surface area (Å²) in [5.74, 6) is 0.871. The van der Waals surface area contributed by atoms with Gasteiger partial charge in [0.1, 0.15) is 0 Å². The van der Waals surface area contributed by atoms with E-state index in [-0.39, 0.29) is 0 Å². The first kappa shape index (κ1) is 12.0. The number of halogens is 1.